The smallest absolute Gasteiger partial charge is 0.237 e. The number of anilines is 2. The first-order valence-electron chi connectivity index (χ1n) is 9.93. The van der Waals surface area contributed by atoms with Crippen LogP contribution in [0.2, 0.25) is 0 Å². The van der Waals surface area contributed by atoms with Gasteiger partial charge in [0.1, 0.15) is 5.82 Å². The summed E-state index contributed by atoms with van der Waals surface area (Å²) >= 11 is 1.33. The van der Waals surface area contributed by atoms with Crippen molar-refractivity contribution in [2.75, 3.05) is 35.2 Å². The summed E-state index contributed by atoms with van der Waals surface area (Å²) in [6.07, 6.45) is 4.67. The van der Waals surface area contributed by atoms with E-state index in [2.05, 4.69) is 19.7 Å². The molecular weight excluding hydrogens is 391 g/mol. The molecule has 9 heteroatoms. The molecule has 0 atom stereocenters. The lowest BCUT2D eigenvalue weighted by Crippen LogP contribution is -2.34. The number of nitrogens with zero attached hydrogens (tertiary/aromatic N) is 6. The van der Waals surface area contributed by atoms with Crippen LogP contribution in [0.4, 0.5) is 16.0 Å². The van der Waals surface area contributed by atoms with Crippen LogP contribution in [0.25, 0.3) is 0 Å². The fourth-order valence-electron chi connectivity index (χ4n) is 3.57. The second-order valence-electron chi connectivity index (χ2n) is 7.27. The Morgan fingerprint density at radius 2 is 2.03 bits per heavy atom. The van der Waals surface area contributed by atoms with Gasteiger partial charge in [-0.05, 0) is 37.8 Å². The highest BCUT2D eigenvalue weighted by molar-refractivity contribution is 7.99. The minimum absolute atomic E-state index is 0.116. The molecule has 2 aliphatic rings. The molecular formula is C20H23FN6OS. The van der Waals surface area contributed by atoms with Crippen molar-refractivity contribution in [2.24, 2.45) is 0 Å². The average Bonchev–Trinajstić information content (AvgIpc) is 3.25. The predicted molar refractivity (Wildman–Crippen MR) is 109 cm³/mol. The highest BCUT2D eigenvalue weighted by Gasteiger charge is 2.32. The van der Waals surface area contributed by atoms with Gasteiger partial charge in [0.2, 0.25) is 11.9 Å². The lowest BCUT2D eigenvalue weighted by atomic mass is 10.2. The molecule has 1 saturated carbocycles. The molecule has 152 valence electrons. The number of carbonyl (C=O) groups excluding carboxylic acids is 1. The third-order valence-corrected chi connectivity index (χ3v) is 6.09. The molecule has 1 saturated heterocycles. The molecule has 0 spiro atoms. The number of para-hydroxylation sites is 1. The van der Waals surface area contributed by atoms with Gasteiger partial charge in [0, 0.05) is 25.7 Å². The third kappa shape index (κ3) is 4.37. The number of nitriles is 1. The number of carbonyl (C=O) groups is 1. The summed E-state index contributed by atoms with van der Waals surface area (Å²) in [4.78, 5) is 16.5. The maximum atomic E-state index is 14.2. The molecule has 1 aliphatic carbocycles. The van der Waals surface area contributed by atoms with Crippen LogP contribution in [0, 0.1) is 17.1 Å². The number of thioether (sulfide) groups is 1. The SMILES string of the molecule is N#CCCN(C(=O)CSc1nnc(N2CCCC2)n1C1CC1)c1ccccc1F. The summed E-state index contributed by atoms with van der Waals surface area (Å²) in [6, 6.07) is 8.58. The Labute approximate surface area is 173 Å². The maximum absolute atomic E-state index is 14.2. The molecule has 1 aromatic carbocycles. The van der Waals surface area contributed by atoms with Gasteiger partial charge in [-0.3, -0.25) is 9.36 Å². The van der Waals surface area contributed by atoms with E-state index in [4.69, 9.17) is 5.26 Å². The highest BCUT2D eigenvalue weighted by Crippen LogP contribution is 2.41. The van der Waals surface area contributed by atoms with Crippen LogP contribution in [0.1, 0.15) is 38.1 Å². The van der Waals surface area contributed by atoms with Crippen LogP contribution in [-0.2, 0) is 4.79 Å². The van der Waals surface area contributed by atoms with Crippen LogP contribution in [0.5, 0.6) is 0 Å². The summed E-state index contributed by atoms with van der Waals surface area (Å²) in [6.45, 7) is 2.14. The van der Waals surface area contributed by atoms with Gasteiger partial charge in [-0.1, -0.05) is 23.9 Å². The standard InChI is InChI=1S/C20H23FN6OS/c21-16-6-1-2-7-17(16)26(13-5-10-22)18(28)14-29-20-24-23-19(25-11-3-4-12-25)27(20)15-8-9-15/h1-2,6-7,15H,3-5,8-9,11-14H2. The molecule has 1 aromatic heterocycles. The van der Waals surface area contributed by atoms with Crippen molar-refractivity contribution in [1.29, 1.82) is 5.26 Å². The van der Waals surface area contributed by atoms with Crippen LogP contribution in [0.3, 0.4) is 0 Å². The second kappa shape index (κ2) is 8.82. The maximum Gasteiger partial charge on any atom is 0.237 e. The first-order chi connectivity index (χ1) is 14.2. The normalized spacial score (nSPS) is 16.1. The summed E-state index contributed by atoms with van der Waals surface area (Å²) < 4.78 is 16.4. The second-order valence-corrected chi connectivity index (χ2v) is 8.21. The first kappa shape index (κ1) is 19.7. The quantitative estimate of drug-likeness (QED) is 0.616. The van der Waals surface area contributed by atoms with Gasteiger partial charge in [0.25, 0.3) is 0 Å². The van der Waals surface area contributed by atoms with Gasteiger partial charge in [-0.25, -0.2) is 4.39 Å². The molecule has 2 aromatic rings. The zero-order valence-corrected chi connectivity index (χ0v) is 16.9. The fourth-order valence-corrected chi connectivity index (χ4v) is 4.45. The van der Waals surface area contributed by atoms with E-state index in [1.54, 1.807) is 18.2 Å². The van der Waals surface area contributed by atoms with E-state index in [9.17, 15) is 9.18 Å². The van der Waals surface area contributed by atoms with Crippen molar-refractivity contribution < 1.29 is 9.18 Å². The Balaban J connectivity index is 1.49. The predicted octanol–water partition coefficient (Wildman–Crippen LogP) is 3.39. The Bertz CT molecular complexity index is 916. The van der Waals surface area contributed by atoms with Crippen molar-refractivity contribution in [1.82, 2.24) is 14.8 Å². The topological polar surface area (TPSA) is 78.0 Å². The minimum atomic E-state index is -0.471. The molecule has 0 radical (unpaired) electrons. The van der Waals surface area contributed by atoms with Crippen molar-refractivity contribution in [2.45, 2.75) is 43.3 Å². The molecule has 1 aliphatic heterocycles. The Morgan fingerprint density at radius 1 is 1.28 bits per heavy atom. The van der Waals surface area contributed by atoms with Gasteiger partial charge >= 0.3 is 0 Å². The minimum Gasteiger partial charge on any atom is -0.341 e. The third-order valence-electron chi connectivity index (χ3n) is 5.16. The van der Waals surface area contributed by atoms with Gasteiger partial charge in [0.15, 0.2) is 5.16 Å². The molecule has 0 bridgehead atoms. The van der Waals surface area contributed by atoms with Crippen LogP contribution in [-0.4, -0.2) is 46.1 Å². The summed E-state index contributed by atoms with van der Waals surface area (Å²) in [5.41, 5.74) is 0.203. The van der Waals surface area contributed by atoms with Crippen LogP contribution >= 0.6 is 11.8 Å². The van der Waals surface area contributed by atoms with Crippen molar-refractivity contribution in [3.8, 4) is 6.07 Å². The molecule has 2 fully saturated rings. The van der Waals surface area contributed by atoms with E-state index in [1.807, 2.05) is 6.07 Å². The molecule has 29 heavy (non-hydrogen) atoms. The van der Waals surface area contributed by atoms with Crippen LogP contribution in [0.15, 0.2) is 29.4 Å². The molecule has 7 nitrogen and oxygen atoms in total. The number of benzene rings is 1. The van der Waals surface area contributed by atoms with E-state index in [0.29, 0.717) is 6.04 Å². The van der Waals surface area contributed by atoms with E-state index < -0.39 is 5.82 Å². The first-order valence-corrected chi connectivity index (χ1v) is 10.9. The lowest BCUT2D eigenvalue weighted by molar-refractivity contribution is -0.116. The number of hydrogen-bond acceptors (Lipinski definition) is 6. The molecule has 2 heterocycles. The largest absolute Gasteiger partial charge is 0.341 e. The van der Waals surface area contributed by atoms with E-state index in [1.165, 1.54) is 22.7 Å². The van der Waals surface area contributed by atoms with Crippen LogP contribution < -0.4 is 9.80 Å². The fraction of sp³-hybridized carbons (Fsp3) is 0.500. The van der Waals surface area contributed by atoms with E-state index in [0.717, 1.165) is 49.9 Å². The Kier molecular flexibility index (Phi) is 6.00. The zero-order chi connectivity index (χ0) is 20.2. The molecule has 0 unspecified atom stereocenters. The van der Waals surface area contributed by atoms with Gasteiger partial charge in [-0.2, -0.15) is 5.26 Å². The number of aromatic nitrogens is 3. The van der Waals surface area contributed by atoms with Crippen molar-refractivity contribution >= 4 is 29.3 Å². The Morgan fingerprint density at radius 3 is 2.72 bits per heavy atom. The number of amides is 1. The molecule has 1 amide bonds. The lowest BCUT2D eigenvalue weighted by Gasteiger charge is -2.22. The number of rotatable bonds is 8. The van der Waals surface area contributed by atoms with E-state index in [-0.39, 0.29) is 30.3 Å². The van der Waals surface area contributed by atoms with Gasteiger partial charge in [0.05, 0.1) is 23.9 Å². The summed E-state index contributed by atoms with van der Waals surface area (Å²) in [5, 5.41) is 18.4. The monoisotopic (exact) mass is 414 g/mol. The van der Waals surface area contributed by atoms with Gasteiger partial charge < -0.3 is 9.80 Å². The molecule has 4 rings (SSSR count). The zero-order valence-electron chi connectivity index (χ0n) is 16.1. The average molecular weight is 415 g/mol. The summed E-state index contributed by atoms with van der Waals surface area (Å²) in [7, 11) is 0. The Hall–Kier alpha value is -2.60. The molecule has 0 N–H and O–H groups in total. The highest BCUT2D eigenvalue weighted by atomic mass is 32.2. The van der Waals surface area contributed by atoms with Crippen molar-refractivity contribution in [3.63, 3.8) is 0 Å². The summed E-state index contributed by atoms with van der Waals surface area (Å²) in [5.74, 6) is 0.296. The van der Waals surface area contributed by atoms with Crippen molar-refractivity contribution in [3.05, 3.63) is 30.1 Å². The van der Waals surface area contributed by atoms with E-state index >= 15 is 0 Å². The van der Waals surface area contributed by atoms with Gasteiger partial charge in [-0.15, -0.1) is 10.2 Å². The number of hydrogen-bond donors (Lipinski definition) is 0. The number of halogens is 1.